The summed E-state index contributed by atoms with van der Waals surface area (Å²) < 4.78 is 25.7. The number of nitrogens with zero attached hydrogens (tertiary/aromatic N) is 1. The van der Waals surface area contributed by atoms with Crippen molar-refractivity contribution in [1.82, 2.24) is 4.72 Å². The van der Waals surface area contributed by atoms with Crippen LogP contribution in [-0.4, -0.2) is 19.9 Å². The zero-order valence-electron chi connectivity index (χ0n) is 8.89. The third kappa shape index (κ3) is 2.99. The average Bonchev–Trinajstić information content (AvgIpc) is 2.25. The summed E-state index contributed by atoms with van der Waals surface area (Å²) in [6, 6.07) is 2.21. The summed E-state index contributed by atoms with van der Waals surface area (Å²) in [5.41, 5.74) is -0.639. The summed E-state index contributed by atoms with van der Waals surface area (Å²) in [6.07, 6.45) is 1.33. The molecule has 1 aromatic rings. The molecule has 1 N–H and O–H groups in total. The van der Waals surface area contributed by atoms with E-state index in [1.165, 1.54) is 6.08 Å². The molecular weight excluding hydrogens is 303 g/mol. The SMILES string of the molecule is C=CCNS(=O)(=O)c1ccc(Cl)c([N+](=O)[O-])c1Cl. The summed E-state index contributed by atoms with van der Waals surface area (Å²) in [6.45, 7) is 3.33. The molecule has 0 aromatic heterocycles. The Hall–Kier alpha value is -1.15. The number of nitro groups is 1. The van der Waals surface area contributed by atoms with Gasteiger partial charge in [-0.25, -0.2) is 13.1 Å². The van der Waals surface area contributed by atoms with Gasteiger partial charge in [0.2, 0.25) is 10.0 Å². The lowest BCUT2D eigenvalue weighted by molar-refractivity contribution is -0.384. The lowest BCUT2D eigenvalue weighted by atomic mass is 10.3. The van der Waals surface area contributed by atoms with Crippen LogP contribution in [0.1, 0.15) is 0 Å². The summed E-state index contributed by atoms with van der Waals surface area (Å²) in [7, 11) is -3.94. The topological polar surface area (TPSA) is 89.3 Å². The van der Waals surface area contributed by atoms with Gasteiger partial charge in [-0.3, -0.25) is 10.1 Å². The number of sulfonamides is 1. The molecular formula is C9H8Cl2N2O4S. The van der Waals surface area contributed by atoms with Gasteiger partial charge in [0, 0.05) is 6.54 Å². The van der Waals surface area contributed by atoms with Crippen molar-refractivity contribution in [2.75, 3.05) is 6.54 Å². The van der Waals surface area contributed by atoms with Gasteiger partial charge in [-0.1, -0.05) is 29.3 Å². The van der Waals surface area contributed by atoms with Crippen LogP contribution in [0.3, 0.4) is 0 Å². The standard InChI is InChI=1S/C9H8Cl2N2O4S/c1-2-5-12-18(16,17)7-4-3-6(10)9(8(7)11)13(14)15/h2-4,12H,1,5H2. The van der Waals surface area contributed by atoms with E-state index in [4.69, 9.17) is 23.2 Å². The number of nitrogens with one attached hydrogen (secondary N) is 1. The molecule has 0 atom stereocenters. The van der Waals surface area contributed by atoms with E-state index in [2.05, 4.69) is 11.3 Å². The monoisotopic (exact) mass is 310 g/mol. The third-order valence-electron chi connectivity index (χ3n) is 1.92. The number of hydrogen-bond donors (Lipinski definition) is 1. The van der Waals surface area contributed by atoms with Crippen molar-refractivity contribution in [3.8, 4) is 0 Å². The zero-order chi connectivity index (χ0) is 13.9. The lowest BCUT2D eigenvalue weighted by Gasteiger charge is -2.07. The van der Waals surface area contributed by atoms with Crippen molar-refractivity contribution < 1.29 is 13.3 Å². The summed E-state index contributed by atoms with van der Waals surface area (Å²) in [5, 5.41) is 9.99. The fourth-order valence-electron chi connectivity index (χ4n) is 1.14. The molecule has 0 unspecified atom stereocenters. The van der Waals surface area contributed by atoms with Gasteiger partial charge in [-0.15, -0.1) is 6.58 Å². The minimum absolute atomic E-state index is 0.0188. The largest absolute Gasteiger partial charge is 0.307 e. The molecule has 0 spiro atoms. The van der Waals surface area contributed by atoms with E-state index in [-0.39, 0.29) is 11.6 Å². The normalized spacial score (nSPS) is 11.2. The van der Waals surface area contributed by atoms with Gasteiger partial charge in [0.15, 0.2) is 0 Å². The van der Waals surface area contributed by atoms with Crippen molar-refractivity contribution >= 4 is 38.9 Å². The molecule has 0 aliphatic heterocycles. The van der Waals surface area contributed by atoms with Crippen LogP contribution in [0.5, 0.6) is 0 Å². The van der Waals surface area contributed by atoms with E-state index in [9.17, 15) is 18.5 Å². The number of halogens is 2. The minimum atomic E-state index is -3.94. The molecule has 1 rings (SSSR count). The number of nitro benzene ring substituents is 1. The van der Waals surface area contributed by atoms with Crippen molar-refractivity contribution in [1.29, 1.82) is 0 Å². The van der Waals surface area contributed by atoms with E-state index in [1.807, 2.05) is 0 Å². The highest BCUT2D eigenvalue weighted by Crippen LogP contribution is 2.36. The van der Waals surface area contributed by atoms with Gasteiger partial charge >= 0.3 is 5.69 Å². The van der Waals surface area contributed by atoms with Crippen molar-refractivity contribution in [2.24, 2.45) is 0 Å². The molecule has 9 heteroatoms. The van der Waals surface area contributed by atoms with Crippen LogP contribution < -0.4 is 4.72 Å². The van der Waals surface area contributed by atoms with Crippen molar-refractivity contribution in [2.45, 2.75) is 4.90 Å². The molecule has 0 heterocycles. The average molecular weight is 311 g/mol. The molecule has 98 valence electrons. The van der Waals surface area contributed by atoms with Crippen molar-refractivity contribution in [3.05, 3.63) is 44.9 Å². The van der Waals surface area contributed by atoms with E-state index in [1.54, 1.807) is 0 Å². The maximum Gasteiger partial charge on any atom is 0.307 e. The van der Waals surface area contributed by atoms with Gasteiger partial charge in [0.1, 0.15) is 14.9 Å². The fraction of sp³-hybridized carbons (Fsp3) is 0.111. The Morgan fingerprint density at radius 3 is 2.56 bits per heavy atom. The molecule has 6 nitrogen and oxygen atoms in total. The van der Waals surface area contributed by atoms with Gasteiger partial charge in [0.05, 0.1) is 4.92 Å². The Morgan fingerprint density at radius 1 is 1.44 bits per heavy atom. The van der Waals surface area contributed by atoms with Crippen LogP contribution in [-0.2, 0) is 10.0 Å². The van der Waals surface area contributed by atoms with Gasteiger partial charge in [-0.05, 0) is 12.1 Å². The van der Waals surface area contributed by atoms with E-state index in [0.29, 0.717) is 0 Å². The van der Waals surface area contributed by atoms with Gasteiger partial charge in [0.25, 0.3) is 0 Å². The molecule has 0 bridgehead atoms. The summed E-state index contributed by atoms with van der Waals surface area (Å²) in [4.78, 5) is 9.50. The molecule has 18 heavy (non-hydrogen) atoms. The Morgan fingerprint density at radius 2 is 2.06 bits per heavy atom. The Labute approximate surface area is 113 Å². The van der Waals surface area contributed by atoms with Crippen molar-refractivity contribution in [3.63, 3.8) is 0 Å². The molecule has 0 fully saturated rings. The highest BCUT2D eigenvalue weighted by Gasteiger charge is 2.27. The van der Waals surface area contributed by atoms with E-state index < -0.39 is 30.6 Å². The second kappa shape index (κ2) is 5.66. The van der Waals surface area contributed by atoms with Crippen LogP contribution in [0.2, 0.25) is 10.0 Å². The Bertz CT molecular complexity index is 601. The molecule has 0 saturated carbocycles. The number of hydrogen-bond acceptors (Lipinski definition) is 4. The first-order chi connectivity index (χ1) is 8.31. The highest BCUT2D eigenvalue weighted by atomic mass is 35.5. The zero-order valence-corrected chi connectivity index (χ0v) is 11.2. The fourth-order valence-corrected chi connectivity index (χ4v) is 3.03. The quantitative estimate of drug-likeness (QED) is 0.513. The van der Waals surface area contributed by atoms with Gasteiger partial charge < -0.3 is 0 Å². The summed E-state index contributed by atoms with van der Waals surface area (Å²) in [5.74, 6) is 0. The van der Waals surface area contributed by atoms with Gasteiger partial charge in [-0.2, -0.15) is 0 Å². The van der Waals surface area contributed by atoms with E-state index in [0.717, 1.165) is 12.1 Å². The Kier molecular flexibility index (Phi) is 4.69. The summed E-state index contributed by atoms with van der Waals surface area (Å²) >= 11 is 11.3. The van der Waals surface area contributed by atoms with Crippen LogP contribution in [0.25, 0.3) is 0 Å². The van der Waals surface area contributed by atoms with Crippen LogP contribution in [0.15, 0.2) is 29.7 Å². The molecule has 0 amide bonds. The number of rotatable bonds is 5. The lowest BCUT2D eigenvalue weighted by Crippen LogP contribution is -2.24. The van der Waals surface area contributed by atoms with Crippen LogP contribution in [0.4, 0.5) is 5.69 Å². The van der Waals surface area contributed by atoms with E-state index >= 15 is 0 Å². The second-order valence-electron chi connectivity index (χ2n) is 3.11. The van der Waals surface area contributed by atoms with Crippen LogP contribution >= 0.6 is 23.2 Å². The maximum atomic E-state index is 11.8. The Balaban J connectivity index is 3.40. The number of benzene rings is 1. The molecule has 0 saturated heterocycles. The highest BCUT2D eigenvalue weighted by molar-refractivity contribution is 7.89. The smallest absolute Gasteiger partial charge is 0.258 e. The second-order valence-corrected chi connectivity index (χ2v) is 5.63. The molecule has 0 radical (unpaired) electrons. The predicted molar refractivity (Wildman–Crippen MR) is 68.5 cm³/mol. The predicted octanol–water partition coefficient (Wildman–Crippen LogP) is 2.37. The molecule has 1 aromatic carbocycles. The third-order valence-corrected chi connectivity index (χ3v) is 4.19. The van der Waals surface area contributed by atoms with Crippen LogP contribution in [0, 0.1) is 10.1 Å². The maximum absolute atomic E-state index is 11.8. The minimum Gasteiger partial charge on any atom is -0.258 e. The first kappa shape index (κ1) is 14.9. The molecule has 0 aliphatic carbocycles. The molecule has 0 aliphatic rings. The first-order valence-corrected chi connectivity index (χ1v) is 6.78. The first-order valence-electron chi connectivity index (χ1n) is 4.54.